The van der Waals surface area contributed by atoms with Crippen LogP contribution in [-0.2, 0) is 30.3 Å². The molecule has 5 heteroatoms. The van der Waals surface area contributed by atoms with Gasteiger partial charge in [-0.2, -0.15) is 0 Å². The number of allylic oxidation sites excluding steroid dienone is 2. The van der Waals surface area contributed by atoms with E-state index >= 15 is 0 Å². The van der Waals surface area contributed by atoms with Crippen molar-refractivity contribution in [2.24, 2.45) is 0 Å². The van der Waals surface area contributed by atoms with Crippen molar-refractivity contribution in [2.45, 2.75) is 40.0 Å². The van der Waals surface area contributed by atoms with Crippen molar-refractivity contribution in [1.29, 1.82) is 0 Å². The molecule has 33 heavy (non-hydrogen) atoms. The fourth-order valence-electron chi connectivity index (χ4n) is 3.19. The van der Waals surface area contributed by atoms with E-state index in [0.29, 0.717) is 5.71 Å². The van der Waals surface area contributed by atoms with Crippen LogP contribution in [0.15, 0.2) is 83.0 Å². The summed E-state index contributed by atoms with van der Waals surface area (Å²) < 4.78 is 6.02. The number of fused-ring (bicyclic) bond motifs is 1. The van der Waals surface area contributed by atoms with Crippen LogP contribution < -0.4 is 0 Å². The summed E-state index contributed by atoms with van der Waals surface area (Å²) in [5.41, 5.74) is 5.03. The first kappa shape index (κ1) is 26.2. The molecule has 4 rings (SSSR count). The molecule has 0 fully saturated rings. The number of hydrogen-bond acceptors (Lipinski definition) is 4. The van der Waals surface area contributed by atoms with Gasteiger partial charge in [-0.25, -0.2) is 0 Å². The van der Waals surface area contributed by atoms with Crippen molar-refractivity contribution in [3.8, 4) is 22.6 Å². The van der Waals surface area contributed by atoms with Gasteiger partial charge in [0.2, 0.25) is 5.71 Å². The zero-order chi connectivity index (χ0) is 23.3. The van der Waals surface area contributed by atoms with Crippen molar-refractivity contribution >= 4 is 16.9 Å². The fourth-order valence-corrected chi connectivity index (χ4v) is 3.19. The van der Waals surface area contributed by atoms with Crippen molar-refractivity contribution in [2.75, 3.05) is 0 Å². The number of aromatic nitrogens is 1. The molecule has 0 unspecified atom stereocenters. The number of aliphatic hydroxyl groups is 1. The maximum Gasteiger partial charge on any atom is 0.217 e. The van der Waals surface area contributed by atoms with Gasteiger partial charge in [0.05, 0.1) is 5.76 Å². The zero-order valence-corrected chi connectivity index (χ0v) is 21.9. The molecule has 0 spiro atoms. The fraction of sp³-hybridized carbons (Fsp3) is 0.214. The summed E-state index contributed by atoms with van der Waals surface area (Å²) >= 11 is 0. The summed E-state index contributed by atoms with van der Waals surface area (Å²) in [6.07, 6.45) is 1.17. The molecule has 2 aromatic heterocycles. The van der Waals surface area contributed by atoms with Crippen molar-refractivity contribution in [1.82, 2.24) is 4.98 Å². The minimum atomic E-state index is -0.125. The monoisotopic (exact) mass is 619 g/mol. The summed E-state index contributed by atoms with van der Waals surface area (Å²) in [4.78, 5) is 14.7. The van der Waals surface area contributed by atoms with E-state index in [1.165, 1.54) is 25.5 Å². The average Bonchev–Trinajstić information content (AvgIpc) is 3.17. The summed E-state index contributed by atoms with van der Waals surface area (Å²) in [5.74, 6) is 0.782. The van der Waals surface area contributed by atoms with Crippen LogP contribution in [0.2, 0.25) is 0 Å². The Labute approximate surface area is 208 Å². The normalized spacial score (nSPS) is 11.4. The van der Waals surface area contributed by atoms with E-state index in [0.717, 1.165) is 28.0 Å². The number of rotatable bonds is 3. The number of hydrogen-bond donors (Lipinski definition) is 1. The number of carbonyl (C=O) groups excluding carboxylic acids is 1. The molecule has 0 aliphatic rings. The van der Waals surface area contributed by atoms with E-state index in [-0.39, 0.29) is 37.1 Å². The third-order valence-corrected chi connectivity index (χ3v) is 4.82. The van der Waals surface area contributed by atoms with E-state index in [1.54, 1.807) is 0 Å². The molecule has 4 aromatic rings. The quantitative estimate of drug-likeness (QED) is 0.149. The molecule has 2 heterocycles. The molecule has 2 aromatic carbocycles. The Balaban J connectivity index is 0.000000423. The van der Waals surface area contributed by atoms with Gasteiger partial charge in [0.1, 0.15) is 5.76 Å². The van der Waals surface area contributed by atoms with E-state index < -0.39 is 0 Å². The Morgan fingerprint density at radius 1 is 1.03 bits per heavy atom. The summed E-state index contributed by atoms with van der Waals surface area (Å²) in [6.45, 7) is 9.50. The van der Waals surface area contributed by atoms with Crippen LogP contribution in [0.4, 0.5) is 0 Å². The first-order valence-corrected chi connectivity index (χ1v) is 10.5. The topological polar surface area (TPSA) is 63.3 Å². The van der Waals surface area contributed by atoms with Crippen molar-refractivity contribution < 1.29 is 34.4 Å². The van der Waals surface area contributed by atoms with Gasteiger partial charge in [0.15, 0.2) is 5.78 Å². The van der Waals surface area contributed by atoms with E-state index in [9.17, 15) is 4.79 Å². The predicted molar refractivity (Wildman–Crippen MR) is 129 cm³/mol. The second-order valence-corrected chi connectivity index (χ2v) is 8.70. The number of ketones is 1. The van der Waals surface area contributed by atoms with Gasteiger partial charge in [-0.1, -0.05) is 57.2 Å². The maximum atomic E-state index is 10.0. The van der Waals surface area contributed by atoms with Crippen LogP contribution in [-0.4, -0.2) is 15.9 Å². The van der Waals surface area contributed by atoms with Gasteiger partial charge >= 0.3 is 0 Å². The molecule has 1 radical (unpaired) electrons. The van der Waals surface area contributed by atoms with Gasteiger partial charge in [0.25, 0.3) is 0 Å². The number of carbonyl (C=O) groups is 1. The zero-order valence-electron chi connectivity index (χ0n) is 19.5. The first-order chi connectivity index (χ1) is 15.1. The van der Waals surface area contributed by atoms with Crippen LogP contribution in [0.5, 0.6) is 0 Å². The molecule has 0 bridgehead atoms. The van der Waals surface area contributed by atoms with Crippen LogP contribution in [0.1, 0.15) is 40.2 Å². The molecule has 173 valence electrons. The number of nitrogens with zero attached hydrogens (tertiary/aromatic N) is 1. The minimum Gasteiger partial charge on any atom is -0.512 e. The van der Waals surface area contributed by atoms with Crippen LogP contribution >= 0.6 is 0 Å². The molecular weight excluding hydrogens is 591 g/mol. The van der Waals surface area contributed by atoms with Gasteiger partial charge in [-0.05, 0) is 36.6 Å². The Morgan fingerprint density at radius 3 is 2.24 bits per heavy atom. The van der Waals surface area contributed by atoms with E-state index in [1.807, 2.05) is 36.4 Å². The Kier molecular flexibility index (Phi) is 8.92. The number of benzene rings is 2. The Bertz CT molecular complexity index is 1230. The largest absolute Gasteiger partial charge is 0.512 e. The standard InChI is InChI=1S/C23H20NO.C5H8O2.Ir/c1-23(2,3)19-12-9-17(10-13-19)21-15-18-11-14-20(24-22(18)25-21)16-7-5-4-6-8-16;1-4(6)3-5(2)7;/h4-7,9-15H,1-3H3;3,6H,1-2H3;/q-1;;/b;4-3-;. The molecule has 0 atom stereocenters. The van der Waals surface area contributed by atoms with Crippen LogP contribution in [0, 0.1) is 6.07 Å². The summed E-state index contributed by atoms with van der Waals surface area (Å²) in [5, 5.41) is 9.37. The predicted octanol–water partition coefficient (Wildman–Crippen LogP) is 7.29. The van der Waals surface area contributed by atoms with Crippen LogP contribution in [0.25, 0.3) is 33.7 Å². The van der Waals surface area contributed by atoms with Gasteiger partial charge in [-0.3, -0.25) is 9.78 Å². The van der Waals surface area contributed by atoms with Gasteiger partial charge < -0.3 is 9.52 Å². The molecule has 1 N–H and O–H groups in total. The maximum absolute atomic E-state index is 10.0. The first-order valence-electron chi connectivity index (χ1n) is 10.5. The number of aliphatic hydroxyl groups excluding tert-OH is 1. The van der Waals surface area contributed by atoms with Gasteiger partial charge in [-0.15, -0.1) is 35.9 Å². The summed E-state index contributed by atoms with van der Waals surface area (Å²) in [7, 11) is 0. The summed E-state index contributed by atoms with van der Waals surface area (Å²) in [6, 6.07) is 25.7. The molecule has 0 amide bonds. The number of pyridine rings is 1. The molecular formula is C28H28IrNO3-. The number of furan rings is 1. The molecule has 0 saturated carbocycles. The Hall–Kier alpha value is -3.01. The van der Waals surface area contributed by atoms with Gasteiger partial charge in [0, 0.05) is 37.1 Å². The third-order valence-electron chi connectivity index (χ3n) is 4.82. The minimum absolute atomic E-state index is 0. The molecule has 0 aliphatic carbocycles. The van der Waals surface area contributed by atoms with E-state index in [4.69, 9.17) is 9.52 Å². The van der Waals surface area contributed by atoms with Crippen LogP contribution in [0.3, 0.4) is 0 Å². The average molecular weight is 619 g/mol. The molecule has 0 aliphatic heterocycles. The van der Waals surface area contributed by atoms with Crippen molar-refractivity contribution in [3.05, 3.63) is 90.2 Å². The molecule has 4 nitrogen and oxygen atoms in total. The Morgan fingerprint density at radius 2 is 1.73 bits per heavy atom. The molecule has 0 saturated heterocycles. The SMILES string of the molecule is CC(=O)/C=C(/C)O.CC(C)(C)c1ccc(-c2cc3ccc(-c4[c-]cccc4)nc3o2)cc1.[Ir]. The van der Waals surface area contributed by atoms with E-state index in [2.05, 4.69) is 62.2 Å². The smallest absolute Gasteiger partial charge is 0.217 e. The second kappa shape index (κ2) is 11.2. The van der Waals surface area contributed by atoms with Crippen molar-refractivity contribution in [3.63, 3.8) is 0 Å². The second-order valence-electron chi connectivity index (χ2n) is 8.70. The third kappa shape index (κ3) is 7.24.